The normalized spacial score (nSPS) is 18.1. The number of para-hydroxylation sites is 2. The molecule has 1 atom stereocenters. The summed E-state index contributed by atoms with van der Waals surface area (Å²) in [5.41, 5.74) is 1.54. The lowest BCUT2D eigenvalue weighted by atomic mass is 10.2. The number of amidine groups is 1. The minimum atomic E-state index is -0.464. The summed E-state index contributed by atoms with van der Waals surface area (Å²) in [5.74, 6) is -0.199. The van der Waals surface area contributed by atoms with Crippen molar-refractivity contribution < 1.29 is 9.59 Å². The molecule has 0 aliphatic carbocycles. The van der Waals surface area contributed by atoms with Gasteiger partial charge >= 0.3 is 0 Å². The molecule has 3 rings (SSSR count). The highest BCUT2D eigenvalue weighted by Gasteiger charge is 2.40. The van der Waals surface area contributed by atoms with Crippen LogP contribution in [0.15, 0.2) is 65.7 Å². The second kappa shape index (κ2) is 9.37. The number of nitrogens with one attached hydrogen (secondary N) is 1. The standard InChI is InChI=1S/C21H23N3O2S/c1-2-3-14-22-19(25)15-18-20(26)24(17-12-8-5-9-13-17)21(27-18)23-16-10-6-4-7-11-16/h4-13,18H,2-3,14-15H2,1H3,(H,22,25)/t18-/m1/s1. The van der Waals surface area contributed by atoms with E-state index in [0.29, 0.717) is 11.7 Å². The lowest BCUT2D eigenvalue weighted by molar-refractivity contribution is -0.124. The smallest absolute Gasteiger partial charge is 0.247 e. The maximum Gasteiger partial charge on any atom is 0.247 e. The van der Waals surface area contributed by atoms with Crippen LogP contribution in [0.4, 0.5) is 11.4 Å². The second-order valence-corrected chi connectivity index (χ2v) is 7.42. The van der Waals surface area contributed by atoms with Crippen molar-refractivity contribution in [3.63, 3.8) is 0 Å². The monoisotopic (exact) mass is 381 g/mol. The van der Waals surface area contributed by atoms with Crippen LogP contribution in [0.5, 0.6) is 0 Å². The van der Waals surface area contributed by atoms with Crippen molar-refractivity contribution in [3.05, 3.63) is 60.7 Å². The van der Waals surface area contributed by atoms with Gasteiger partial charge in [-0.25, -0.2) is 4.99 Å². The predicted molar refractivity (Wildman–Crippen MR) is 111 cm³/mol. The van der Waals surface area contributed by atoms with Crippen LogP contribution in [0, 0.1) is 0 Å². The molecule has 2 aromatic carbocycles. The van der Waals surface area contributed by atoms with Gasteiger partial charge in [0.2, 0.25) is 11.8 Å². The van der Waals surface area contributed by atoms with Crippen molar-refractivity contribution in [1.82, 2.24) is 5.32 Å². The minimum Gasteiger partial charge on any atom is -0.356 e. The molecule has 0 radical (unpaired) electrons. The zero-order valence-electron chi connectivity index (χ0n) is 15.3. The Balaban J connectivity index is 1.82. The molecule has 2 amide bonds. The average Bonchev–Trinajstić information content (AvgIpc) is 2.98. The van der Waals surface area contributed by atoms with E-state index in [2.05, 4.69) is 17.2 Å². The summed E-state index contributed by atoms with van der Waals surface area (Å²) in [7, 11) is 0. The molecule has 27 heavy (non-hydrogen) atoms. The molecule has 1 aliphatic heterocycles. The number of anilines is 1. The number of carbonyl (C=O) groups is 2. The number of hydrogen-bond donors (Lipinski definition) is 1. The van der Waals surface area contributed by atoms with E-state index >= 15 is 0 Å². The molecule has 5 nitrogen and oxygen atoms in total. The molecular formula is C21H23N3O2S. The van der Waals surface area contributed by atoms with Crippen molar-refractivity contribution in [1.29, 1.82) is 0 Å². The quantitative estimate of drug-likeness (QED) is 0.734. The maximum absolute atomic E-state index is 13.0. The number of aliphatic imine (C=N–C) groups is 1. The highest BCUT2D eigenvalue weighted by Crippen LogP contribution is 2.35. The van der Waals surface area contributed by atoms with Crippen molar-refractivity contribution in [2.45, 2.75) is 31.4 Å². The van der Waals surface area contributed by atoms with E-state index in [9.17, 15) is 9.59 Å². The van der Waals surface area contributed by atoms with Gasteiger partial charge < -0.3 is 5.32 Å². The van der Waals surface area contributed by atoms with Crippen LogP contribution in [0.1, 0.15) is 26.2 Å². The van der Waals surface area contributed by atoms with Crippen LogP contribution in [-0.2, 0) is 9.59 Å². The summed E-state index contributed by atoms with van der Waals surface area (Å²) in [4.78, 5) is 31.5. The second-order valence-electron chi connectivity index (χ2n) is 6.25. The van der Waals surface area contributed by atoms with E-state index in [1.165, 1.54) is 11.8 Å². The Bertz CT molecular complexity index is 809. The van der Waals surface area contributed by atoms with E-state index in [4.69, 9.17) is 0 Å². The summed E-state index contributed by atoms with van der Waals surface area (Å²) in [6, 6.07) is 19.0. The Morgan fingerprint density at radius 1 is 1.11 bits per heavy atom. The molecule has 0 unspecified atom stereocenters. The summed E-state index contributed by atoms with van der Waals surface area (Å²) in [6.45, 7) is 2.72. The molecule has 0 bridgehead atoms. The molecule has 0 spiro atoms. The van der Waals surface area contributed by atoms with E-state index in [-0.39, 0.29) is 18.2 Å². The first-order valence-electron chi connectivity index (χ1n) is 9.15. The van der Waals surface area contributed by atoms with Gasteiger partial charge in [-0.3, -0.25) is 14.5 Å². The van der Waals surface area contributed by atoms with Gasteiger partial charge in [0.05, 0.1) is 11.4 Å². The fraction of sp³-hybridized carbons (Fsp3) is 0.286. The minimum absolute atomic E-state index is 0.0942. The first-order valence-corrected chi connectivity index (χ1v) is 10.0. The molecule has 140 valence electrons. The fourth-order valence-corrected chi connectivity index (χ4v) is 3.90. The zero-order chi connectivity index (χ0) is 19.1. The molecule has 1 N–H and O–H groups in total. The Morgan fingerprint density at radius 2 is 1.78 bits per heavy atom. The first kappa shape index (κ1) is 19.2. The zero-order valence-corrected chi connectivity index (χ0v) is 16.1. The number of unbranched alkanes of at least 4 members (excludes halogenated alkanes) is 1. The number of amides is 2. The highest BCUT2D eigenvalue weighted by atomic mass is 32.2. The molecule has 1 saturated heterocycles. The van der Waals surface area contributed by atoms with Gasteiger partial charge in [-0.15, -0.1) is 0 Å². The third kappa shape index (κ3) is 4.98. The third-order valence-corrected chi connectivity index (χ3v) is 5.29. The molecule has 1 heterocycles. The van der Waals surface area contributed by atoms with Gasteiger partial charge in [0.15, 0.2) is 5.17 Å². The Kier molecular flexibility index (Phi) is 6.65. The number of nitrogens with zero attached hydrogens (tertiary/aromatic N) is 2. The van der Waals surface area contributed by atoms with Gasteiger partial charge in [0, 0.05) is 13.0 Å². The van der Waals surface area contributed by atoms with E-state index in [0.717, 1.165) is 24.2 Å². The summed E-state index contributed by atoms with van der Waals surface area (Å²) >= 11 is 1.35. The van der Waals surface area contributed by atoms with Crippen molar-refractivity contribution in [2.75, 3.05) is 11.4 Å². The molecule has 0 saturated carbocycles. The Morgan fingerprint density at radius 3 is 2.44 bits per heavy atom. The lowest BCUT2D eigenvalue weighted by Gasteiger charge is -2.16. The van der Waals surface area contributed by atoms with Crippen molar-refractivity contribution in [2.24, 2.45) is 4.99 Å². The molecular weight excluding hydrogens is 358 g/mol. The highest BCUT2D eigenvalue weighted by molar-refractivity contribution is 8.16. The van der Waals surface area contributed by atoms with Gasteiger partial charge in [-0.1, -0.05) is 61.5 Å². The molecule has 6 heteroatoms. The summed E-state index contributed by atoms with van der Waals surface area (Å²) in [6.07, 6.45) is 2.12. The number of benzene rings is 2. The van der Waals surface area contributed by atoms with Crippen molar-refractivity contribution in [3.8, 4) is 0 Å². The molecule has 1 fully saturated rings. The molecule has 2 aromatic rings. The number of rotatable bonds is 7. The van der Waals surface area contributed by atoms with Crippen LogP contribution < -0.4 is 10.2 Å². The van der Waals surface area contributed by atoms with Crippen LogP contribution in [-0.4, -0.2) is 28.8 Å². The number of carbonyl (C=O) groups excluding carboxylic acids is 2. The average molecular weight is 382 g/mol. The van der Waals surface area contributed by atoms with E-state index < -0.39 is 5.25 Å². The van der Waals surface area contributed by atoms with Gasteiger partial charge in [-0.05, 0) is 30.7 Å². The summed E-state index contributed by atoms with van der Waals surface area (Å²) in [5, 5.41) is 3.02. The topological polar surface area (TPSA) is 61.8 Å². The number of thioether (sulfide) groups is 1. The van der Waals surface area contributed by atoms with E-state index in [1.807, 2.05) is 60.7 Å². The number of hydrogen-bond acceptors (Lipinski definition) is 4. The first-order chi connectivity index (χ1) is 13.2. The van der Waals surface area contributed by atoms with E-state index in [1.54, 1.807) is 4.90 Å². The largest absolute Gasteiger partial charge is 0.356 e. The molecule has 0 aromatic heterocycles. The Hall–Kier alpha value is -2.60. The summed E-state index contributed by atoms with van der Waals surface area (Å²) < 4.78 is 0. The SMILES string of the molecule is CCCCNC(=O)C[C@H]1SC(=Nc2ccccc2)N(c2ccccc2)C1=O. The van der Waals surface area contributed by atoms with Gasteiger partial charge in [0.25, 0.3) is 0 Å². The fourth-order valence-electron chi connectivity index (χ4n) is 2.75. The van der Waals surface area contributed by atoms with Gasteiger partial charge in [-0.2, -0.15) is 0 Å². The van der Waals surface area contributed by atoms with Crippen LogP contribution in [0.2, 0.25) is 0 Å². The predicted octanol–water partition coefficient (Wildman–Crippen LogP) is 4.13. The van der Waals surface area contributed by atoms with Crippen LogP contribution in [0.3, 0.4) is 0 Å². The molecule has 1 aliphatic rings. The Labute approximate surface area is 163 Å². The lowest BCUT2D eigenvalue weighted by Crippen LogP contribution is -2.35. The van der Waals surface area contributed by atoms with Crippen LogP contribution in [0.25, 0.3) is 0 Å². The van der Waals surface area contributed by atoms with Crippen LogP contribution >= 0.6 is 11.8 Å². The van der Waals surface area contributed by atoms with Gasteiger partial charge in [0.1, 0.15) is 5.25 Å². The maximum atomic E-state index is 13.0. The van der Waals surface area contributed by atoms with Crippen molar-refractivity contribution >= 4 is 40.1 Å². The third-order valence-electron chi connectivity index (χ3n) is 4.15.